The zero-order valence-electron chi connectivity index (χ0n) is 27.9. The fourth-order valence-corrected chi connectivity index (χ4v) is 8.06. The van der Waals surface area contributed by atoms with E-state index in [4.69, 9.17) is 14.0 Å². The number of aliphatic hydroxyl groups excluding tert-OH is 1. The number of halogens is 3. The van der Waals surface area contributed by atoms with E-state index in [1.165, 1.54) is 6.07 Å². The molecule has 3 aliphatic carbocycles. The summed E-state index contributed by atoms with van der Waals surface area (Å²) in [5, 5.41) is 28.1. The van der Waals surface area contributed by atoms with E-state index >= 15 is 13.2 Å². The fourth-order valence-electron chi connectivity index (χ4n) is 8.06. The molecule has 6 rings (SSSR count). The van der Waals surface area contributed by atoms with Gasteiger partial charge in [0.2, 0.25) is 5.78 Å². The van der Waals surface area contributed by atoms with Crippen LogP contribution in [0.5, 0.6) is 11.6 Å². The predicted molar refractivity (Wildman–Crippen MR) is 168 cm³/mol. The third-order valence-electron chi connectivity index (χ3n) is 10.3. The van der Waals surface area contributed by atoms with Gasteiger partial charge in [-0.3, -0.25) is 19.4 Å². The third-order valence-corrected chi connectivity index (χ3v) is 10.3. The number of ether oxygens (including phenoxy) is 2. The Morgan fingerprint density at radius 3 is 2.38 bits per heavy atom. The zero-order chi connectivity index (χ0) is 34.5. The van der Waals surface area contributed by atoms with Crippen molar-refractivity contribution >= 4 is 11.6 Å². The predicted octanol–water partition coefficient (Wildman–Crippen LogP) is 6.06. The van der Waals surface area contributed by atoms with Crippen molar-refractivity contribution in [1.82, 2.24) is 15.0 Å². The molecule has 1 saturated heterocycles. The number of unbranched alkanes of at least 4 members (excludes halogenated alkanes) is 2. The van der Waals surface area contributed by atoms with E-state index in [2.05, 4.69) is 5.16 Å². The van der Waals surface area contributed by atoms with Crippen LogP contribution in [0.3, 0.4) is 0 Å². The van der Waals surface area contributed by atoms with Crippen molar-refractivity contribution in [3.05, 3.63) is 51.0 Å². The van der Waals surface area contributed by atoms with Gasteiger partial charge in [0.1, 0.15) is 17.1 Å². The van der Waals surface area contributed by atoms with Crippen LogP contribution in [0.4, 0.5) is 13.2 Å². The lowest BCUT2D eigenvalue weighted by Gasteiger charge is -2.49. The molecular weight excluding hydrogens is 631 g/mol. The van der Waals surface area contributed by atoms with Gasteiger partial charge in [0, 0.05) is 18.0 Å². The minimum absolute atomic E-state index is 0.0209. The largest absolute Gasteiger partial charge is 0.508 e. The van der Waals surface area contributed by atoms with Gasteiger partial charge in [-0.25, -0.2) is 0 Å². The van der Waals surface area contributed by atoms with Gasteiger partial charge >= 0.3 is 6.18 Å². The molecule has 2 heterocycles. The highest BCUT2D eigenvalue weighted by Crippen LogP contribution is 2.57. The Hall–Kier alpha value is -3.42. The maximum atomic E-state index is 15.0. The summed E-state index contributed by atoms with van der Waals surface area (Å²) in [7, 11) is 3.41. The molecule has 0 radical (unpaired) electrons. The molecular formula is C35H44F3N3O7. The number of alkyl halides is 3. The van der Waals surface area contributed by atoms with E-state index in [1.807, 2.05) is 18.7 Å². The molecule has 4 atom stereocenters. The zero-order valence-corrected chi connectivity index (χ0v) is 27.9. The Bertz CT molecular complexity index is 1610. The summed E-state index contributed by atoms with van der Waals surface area (Å²) < 4.78 is 62.5. The van der Waals surface area contributed by atoms with Gasteiger partial charge in [0.25, 0.3) is 5.88 Å². The highest BCUT2D eigenvalue weighted by Gasteiger charge is 2.64. The van der Waals surface area contributed by atoms with E-state index in [0.717, 1.165) is 25.7 Å². The minimum atomic E-state index is -4.77. The summed E-state index contributed by atoms with van der Waals surface area (Å²) in [4.78, 5) is 32.3. The summed E-state index contributed by atoms with van der Waals surface area (Å²) in [6.07, 6.45) is -0.395. The van der Waals surface area contributed by atoms with Gasteiger partial charge in [-0.1, -0.05) is 26.7 Å². The average Bonchev–Trinajstić information content (AvgIpc) is 3.68. The minimum Gasteiger partial charge on any atom is -0.508 e. The maximum absolute atomic E-state index is 15.0. The Balaban J connectivity index is 1.51. The first-order chi connectivity index (χ1) is 22.8. The number of likely N-dealkylation sites (tertiary alicyclic amines) is 1. The van der Waals surface area contributed by atoms with Gasteiger partial charge < -0.3 is 24.2 Å². The summed E-state index contributed by atoms with van der Waals surface area (Å²) in [5.74, 6) is -4.58. The number of hydrogen-bond acceptors (Lipinski definition) is 10. The summed E-state index contributed by atoms with van der Waals surface area (Å²) in [5.41, 5.74) is -4.19. The van der Waals surface area contributed by atoms with E-state index in [9.17, 15) is 19.8 Å². The van der Waals surface area contributed by atoms with Gasteiger partial charge in [0.05, 0.1) is 30.4 Å². The van der Waals surface area contributed by atoms with Crippen LogP contribution in [-0.4, -0.2) is 82.7 Å². The van der Waals surface area contributed by atoms with Crippen molar-refractivity contribution in [2.45, 2.75) is 89.6 Å². The van der Waals surface area contributed by atoms with Gasteiger partial charge in [-0.05, 0) is 94.0 Å². The summed E-state index contributed by atoms with van der Waals surface area (Å²) >= 11 is 0. The SMILES string of the molecule is CCCCOc1cc(CN2CCCC2)c(C(F)(F)F)c2c1C(=O)C1=C(O)[C@]3(O)C(=O)c4c(OCCCC)noc4[C@@H](N(C)C)[C@@H]3C[C@@H]1C2. The highest BCUT2D eigenvalue weighted by atomic mass is 19.4. The van der Waals surface area contributed by atoms with E-state index in [0.29, 0.717) is 25.9 Å². The van der Waals surface area contributed by atoms with Crippen molar-refractivity contribution in [1.29, 1.82) is 0 Å². The molecule has 1 fully saturated rings. The van der Waals surface area contributed by atoms with Crippen molar-refractivity contribution < 1.29 is 47.0 Å². The van der Waals surface area contributed by atoms with Gasteiger partial charge in [0.15, 0.2) is 17.1 Å². The van der Waals surface area contributed by atoms with Crippen molar-refractivity contribution in [3.63, 3.8) is 0 Å². The van der Waals surface area contributed by atoms with Gasteiger partial charge in [-0.2, -0.15) is 13.2 Å². The Morgan fingerprint density at radius 1 is 1.08 bits per heavy atom. The number of aliphatic hydroxyl groups is 2. The number of aromatic nitrogens is 1. The lowest BCUT2D eigenvalue weighted by atomic mass is 9.58. The quantitative estimate of drug-likeness (QED) is 0.272. The number of Topliss-reactive ketones (excluding diaryl/α,β-unsaturated/α-hetero) is 2. The van der Waals surface area contributed by atoms with Gasteiger partial charge in [-0.15, -0.1) is 0 Å². The van der Waals surface area contributed by atoms with Crippen LogP contribution >= 0.6 is 0 Å². The number of allylic oxidation sites excluding steroid dienone is 1. The maximum Gasteiger partial charge on any atom is 0.417 e. The smallest absolute Gasteiger partial charge is 0.417 e. The van der Waals surface area contributed by atoms with Crippen LogP contribution < -0.4 is 9.47 Å². The lowest BCUT2D eigenvalue weighted by molar-refractivity contribution is -0.139. The van der Waals surface area contributed by atoms with Crippen LogP contribution in [0, 0.1) is 11.8 Å². The van der Waals surface area contributed by atoms with Crippen LogP contribution in [0.25, 0.3) is 0 Å². The first-order valence-corrected chi connectivity index (χ1v) is 17.0. The summed E-state index contributed by atoms with van der Waals surface area (Å²) in [6, 6.07) is 0.513. The number of nitrogens with zero attached hydrogens (tertiary/aromatic N) is 3. The molecule has 0 spiro atoms. The average molecular weight is 676 g/mol. The number of rotatable bonds is 11. The summed E-state index contributed by atoms with van der Waals surface area (Å²) in [6.45, 7) is 5.77. The first-order valence-electron chi connectivity index (χ1n) is 17.0. The molecule has 2 N–H and O–H groups in total. The number of benzene rings is 1. The standard InChI is InChI=1S/C35H44F3N3O7/c1-5-7-13-46-23-17-20(18-41-11-9-10-12-41)27(35(36,37)38)21-15-19-16-22-28(40(3)4)30-26(33(39-48-30)47-14-8-6-2)32(44)34(22,45)31(43)24(19)29(42)25(21)23/h17,19,22,28,43,45H,5-16,18H2,1-4H3/t19-,22-,28-,34-/m0/s1. The normalized spacial score (nSPS) is 25.6. The van der Waals surface area contributed by atoms with Crippen LogP contribution in [0.1, 0.15) is 108 Å². The molecule has 1 aliphatic heterocycles. The molecule has 0 bridgehead atoms. The molecule has 0 saturated carbocycles. The Labute approximate surface area is 277 Å². The van der Waals surface area contributed by atoms with E-state index < -0.39 is 52.5 Å². The molecule has 1 aromatic carbocycles. The Morgan fingerprint density at radius 2 is 1.75 bits per heavy atom. The molecule has 48 heavy (non-hydrogen) atoms. The molecule has 4 aliphatic rings. The van der Waals surface area contributed by atoms with Crippen molar-refractivity contribution in [2.75, 3.05) is 40.4 Å². The Kier molecular flexibility index (Phi) is 9.42. The number of carbonyl (C=O) groups is 2. The molecule has 1 aromatic heterocycles. The third kappa shape index (κ3) is 5.61. The number of fused-ring (bicyclic) bond motifs is 4. The van der Waals surface area contributed by atoms with E-state index in [-0.39, 0.29) is 77.8 Å². The van der Waals surface area contributed by atoms with E-state index in [1.54, 1.807) is 19.0 Å². The number of ketones is 2. The molecule has 2 aromatic rings. The molecule has 10 nitrogen and oxygen atoms in total. The van der Waals surface area contributed by atoms with Crippen LogP contribution in [0.2, 0.25) is 0 Å². The van der Waals surface area contributed by atoms with Crippen LogP contribution in [0.15, 0.2) is 21.9 Å². The second-order valence-corrected chi connectivity index (χ2v) is 13.7. The topological polar surface area (TPSA) is 126 Å². The second kappa shape index (κ2) is 13.1. The fraction of sp³-hybridized carbons (Fsp3) is 0.629. The first kappa shape index (κ1) is 34.4. The van der Waals surface area contributed by atoms with Crippen molar-refractivity contribution in [2.24, 2.45) is 11.8 Å². The molecule has 13 heteroatoms. The second-order valence-electron chi connectivity index (χ2n) is 13.7. The number of hydrogen-bond donors (Lipinski definition) is 2. The van der Waals surface area contributed by atoms with Crippen LogP contribution in [-0.2, 0) is 19.1 Å². The monoisotopic (exact) mass is 675 g/mol. The lowest BCUT2D eigenvalue weighted by Crippen LogP contribution is -2.59. The van der Waals surface area contributed by atoms with Crippen molar-refractivity contribution in [3.8, 4) is 11.6 Å². The molecule has 262 valence electrons. The highest BCUT2D eigenvalue weighted by molar-refractivity contribution is 6.16. The number of carbonyl (C=O) groups excluding carboxylic acids is 2. The molecule has 0 amide bonds. The molecule has 0 unspecified atom stereocenters.